The Labute approximate surface area is 154 Å². The molecule has 2 N–H and O–H groups in total. The van der Waals surface area contributed by atoms with Crippen LogP contribution in [0.5, 0.6) is 0 Å². The molecule has 2 heterocycles. The van der Waals surface area contributed by atoms with Crippen molar-refractivity contribution in [3.63, 3.8) is 0 Å². The molecule has 1 fully saturated rings. The van der Waals surface area contributed by atoms with Crippen LogP contribution in [0.4, 0.5) is 11.4 Å². The van der Waals surface area contributed by atoms with Crippen LogP contribution >= 0.6 is 0 Å². The summed E-state index contributed by atoms with van der Waals surface area (Å²) in [4.78, 5) is 9.37. The van der Waals surface area contributed by atoms with Gasteiger partial charge in [0.15, 0.2) is 0 Å². The number of para-hydroxylation sites is 1. The Kier molecular flexibility index (Phi) is 4.48. The van der Waals surface area contributed by atoms with E-state index < -0.39 is 0 Å². The van der Waals surface area contributed by atoms with E-state index in [4.69, 9.17) is 5.73 Å². The van der Waals surface area contributed by atoms with Gasteiger partial charge in [-0.2, -0.15) is 0 Å². The molecule has 1 aliphatic heterocycles. The van der Waals surface area contributed by atoms with Crippen molar-refractivity contribution in [1.29, 1.82) is 0 Å². The number of hydrogen-bond donors (Lipinski definition) is 1. The number of hydrogen-bond acceptors (Lipinski definition) is 4. The van der Waals surface area contributed by atoms with Crippen molar-refractivity contribution >= 4 is 27.8 Å². The second-order valence-corrected chi connectivity index (χ2v) is 6.78. The number of fused-ring (bicyclic) bond motifs is 1. The summed E-state index contributed by atoms with van der Waals surface area (Å²) in [7, 11) is 0. The Bertz CT molecular complexity index is 920. The highest BCUT2D eigenvalue weighted by molar-refractivity contribution is 5.95. The summed E-state index contributed by atoms with van der Waals surface area (Å²) in [5.41, 5.74) is 9.97. The van der Waals surface area contributed by atoms with Crippen LogP contribution in [0.15, 0.2) is 67.5 Å². The molecule has 0 bridgehead atoms. The average Bonchev–Trinajstić information content (AvgIpc) is 2.94. The first-order valence-electron chi connectivity index (χ1n) is 9.10. The van der Waals surface area contributed by atoms with Crippen molar-refractivity contribution < 1.29 is 0 Å². The van der Waals surface area contributed by atoms with Crippen molar-refractivity contribution in [2.75, 3.05) is 36.0 Å². The average molecular weight is 344 g/mol. The first-order valence-corrected chi connectivity index (χ1v) is 9.10. The minimum atomic E-state index is 0.598. The van der Waals surface area contributed by atoms with Crippen LogP contribution < -0.4 is 15.5 Å². The van der Waals surface area contributed by atoms with Crippen LogP contribution in [0, 0.1) is 0 Å². The van der Waals surface area contributed by atoms with Gasteiger partial charge >= 0.3 is 0 Å². The van der Waals surface area contributed by atoms with E-state index in [1.54, 1.807) is 0 Å². The van der Waals surface area contributed by atoms with Gasteiger partial charge in [0.25, 0.3) is 0 Å². The third kappa shape index (κ3) is 3.23. The molecule has 4 rings (SSSR count). The van der Waals surface area contributed by atoms with Crippen LogP contribution in [0.3, 0.4) is 0 Å². The van der Waals surface area contributed by atoms with Crippen LogP contribution in [0.2, 0.25) is 0 Å². The quantitative estimate of drug-likeness (QED) is 0.783. The first kappa shape index (κ1) is 16.5. The molecule has 0 unspecified atom stereocenters. The molecule has 1 aliphatic rings. The molecule has 0 spiro atoms. The molecule has 0 radical (unpaired) electrons. The van der Waals surface area contributed by atoms with Crippen molar-refractivity contribution in [3.8, 4) is 0 Å². The normalized spacial score (nSPS) is 15.1. The first-order chi connectivity index (χ1) is 12.7. The summed E-state index contributed by atoms with van der Waals surface area (Å²) >= 11 is 0. The Morgan fingerprint density at radius 2 is 1.69 bits per heavy atom. The maximum atomic E-state index is 5.91. The van der Waals surface area contributed by atoms with E-state index >= 15 is 0 Å². The second kappa shape index (κ2) is 7.08. The molecule has 4 heteroatoms. The Morgan fingerprint density at radius 1 is 0.923 bits per heavy atom. The van der Waals surface area contributed by atoms with E-state index in [1.165, 1.54) is 16.8 Å². The summed E-state index contributed by atoms with van der Waals surface area (Å²) in [5.74, 6) is 0. The summed E-state index contributed by atoms with van der Waals surface area (Å²) in [6, 6.07) is 16.9. The van der Waals surface area contributed by atoms with Crippen molar-refractivity contribution in [3.05, 3.63) is 73.1 Å². The van der Waals surface area contributed by atoms with Gasteiger partial charge in [-0.3, -0.25) is 4.98 Å². The number of nitrogens with zero attached hydrogens (tertiary/aromatic N) is 3. The molecule has 0 aliphatic carbocycles. The number of aromatic nitrogens is 1. The van der Waals surface area contributed by atoms with Gasteiger partial charge in [-0.05, 0) is 30.2 Å². The van der Waals surface area contributed by atoms with Crippen LogP contribution in [-0.2, 0) is 0 Å². The van der Waals surface area contributed by atoms with Gasteiger partial charge in [-0.25, -0.2) is 0 Å². The standard InChI is InChI=1S/C22H24N4/c1-17(23)18-8-9-19-15-24-16-22(21(19)14-18)26-11-5-10-25(12-13-26)20-6-3-2-4-7-20/h2-4,6-9,14-16H,1,5,10-13,23H2. The lowest BCUT2D eigenvalue weighted by Crippen LogP contribution is -2.30. The van der Waals surface area contributed by atoms with Crippen LogP contribution in [0.1, 0.15) is 12.0 Å². The van der Waals surface area contributed by atoms with E-state index in [0.717, 1.165) is 43.5 Å². The number of benzene rings is 2. The third-order valence-corrected chi connectivity index (χ3v) is 5.07. The molecule has 1 aromatic heterocycles. The van der Waals surface area contributed by atoms with E-state index in [9.17, 15) is 0 Å². The predicted octanol–water partition coefficient (Wildman–Crippen LogP) is 3.88. The fourth-order valence-corrected chi connectivity index (χ4v) is 3.66. The van der Waals surface area contributed by atoms with Gasteiger partial charge in [-0.15, -0.1) is 0 Å². The zero-order chi connectivity index (χ0) is 17.9. The topological polar surface area (TPSA) is 45.4 Å². The minimum Gasteiger partial charge on any atom is -0.399 e. The Morgan fingerprint density at radius 3 is 2.50 bits per heavy atom. The molecule has 26 heavy (non-hydrogen) atoms. The number of nitrogens with two attached hydrogens (primary N) is 1. The number of rotatable bonds is 3. The van der Waals surface area contributed by atoms with Gasteiger partial charge in [0, 0.05) is 54.5 Å². The summed E-state index contributed by atoms with van der Waals surface area (Å²) in [6.45, 7) is 7.95. The second-order valence-electron chi connectivity index (χ2n) is 6.78. The minimum absolute atomic E-state index is 0.598. The fourth-order valence-electron chi connectivity index (χ4n) is 3.66. The monoisotopic (exact) mass is 344 g/mol. The molecule has 0 amide bonds. The highest BCUT2D eigenvalue weighted by atomic mass is 15.2. The van der Waals surface area contributed by atoms with E-state index in [1.807, 2.05) is 18.5 Å². The van der Waals surface area contributed by atoms with E-state index in [-0.39, 0.29) is 0 Å². The highest BCUT2D eigenvalue weighted by Crippen LogP contribution is 2.29. The van der Waals surface area contributed by atoms with E-state index in [2.05, 4.69) is 63.8 Å². The molecule has 2 aromatic carbocycles. The molecule has 3 aromatic rings. The maximum Gasteiger partial charge on any atom is 0.0633 e. The lowest BCUT2D eigenvalue weighted by Gasteiger charge is -2.25. The molecule has 132 valence electrons. The summed E-state index contributed by atoms with van der Waals surface area (Å²) in [5, 5.41) is 2.33. The van der Waals surface area contributed by atoms with E-state index in [0.29, 0.717) is 5.70 Å². The zero-order valence-corrected chi connectivity index (χ0v) is 14.9. The van der Waals surface area contributed by atoms with Crippen molar-refractivity contribution in [1.82, 2.24) is 4.98 Å². The van der Waals surface area contributed by atoms with Gasteiger partial charge in [0.1, 0.15) is 0 Å². The largest absolute Gasteiger partial charge is 0.399 e. The van der Waals surface area contributed by atoms with Crippen molar-refractivity contribution in [2.24, 2.45) is 5.73 Å². The number of anilines is 2. The lowest BCUT2D eigenvalue weighted by atomic mass is 10.1. The molecule has 0 atom stereocenters. The summed E-state index contributed by atoms with van der Waals surface area (Å²) < 4.78 is 0. The molecular weight excluding hydrogens is 320 g/mol. The molecule has 0 saturated carbocycles. The predicted molar refractivity (Wildman–Crippen MR) is 110 cm³/mol. The molecule has 4 nitrogen and oxygen atoms in total. The number of pyridine rings is 1. The SMILES string of the molecule is C=C(N)c1ccc2cncc(N3CCCN(c4ccccc4)CC3)c2c1. The van der Waals surface area contributed by atoms with Gasteiger partial charge in [0.2, 0.25) is 0 Å². The fraction of sp³-hybridized carbons (Fsp3) is 0.227. The molecular formula is C22H24N4. The van der Waals surface area contributed by atoms with Crippen molar-refractivity contribution in [2.45, 2.75) is 6.42 Å². The summed E-state index contributed by atoms with van der Waals surface area (Å²) in [6.07, 6.45) is 5.01. The third-order valence-electron chi connectivity index (χ3n) is 5.07. The van der Waals surface area contributed by atoms with Crippen LogP contribution in [0.25, 0.3) is 16.5 Å². The molecule has 1 saturated heterocycles. The Hall–Kier alpha value is -3.01. The zero-order valence-electron chi connectivity index (χ0n) is 14.9. The Balaban J connectivity index is 1.63. The van der Waals surface area contributed by atoms with Gasteiger partial charge in [-0.1, -0.05) is 36.9 Å². The van der Waals surface area contributed by atoms with Gasteiger partial charge in [0.05, 0.1) is 11.9 Å². The highest BCUT2D eigenvalue weighted by Gasteiger charge is 2.17. The maximum absolute atomic E-state index is 5.91. The smallest absolute Gasteiger partial charge is 0.0633 e. The lowest BCUT2D eigenvalue weighted by molar-refractivity contribution is 0.806. The van der Waals surface area contributed by atoms with Crippen LogP contribution in [-0.4, -0.2) is 31.2 Å². The van der Waals surface area contributed by atoms with Gasteiger partial charge < -0.3 is 15.5 Å².